The Morgan fingerprint density at radius 1 is 1.35 bits per heavy atom. The third-order valence-corrected chi connectivity index (χ3v) is 3.25. The zero-order valence-corrected chi connectivity index (χ0v) is 9.81. The molecule has 2 rings (SSSR count). The summed E-state index contributed by atoms with van der Waals surface area (Å²) >= 11 is 1.40. The monoisotopic (exact) mass is 242 g/mol. The zero-order chi connectivity index (χ0) is 12.1. The molecule has 1 aliphatic rings. The number of hydrogen-bond acceptors (Lipinski definition) is 4. The zero-order valence-electron chi connectivity index (χ0n) is 9.00. The van der Waals surface area contributed by atoms with Crippen molar-refractivity contribution in [2.24, 2.45) is 5.16 Å². The summed E-state index contributed by atoms with van der Waals surface area (Å²) in [5.41, 5.74) is 2.03. The average molecular weight is 242 g/mol. The van der Waals surface area contributed by atoms with E-state index < -0.39 is 0 Å². The van der Waals surface area contributed by atoms with E-state index in [4.69, 9.17) is 10.5 Å². The van der Waals surface area contributed by atoms with Crippen LogP contribution in [0.15, 0.2) is 46.5 Å². The Kier molecular flexibility index (Phi) is 3.63. The van der Waals surface area contributed by atoms with Gasteiger partial charge in [-0.25, -0.2) is 0 Å². The number of oxime groups is 1. The molecule has 0 radical (unpaired) electrons. The van der Waals surface area contributed by atoms with E-state index in [1.165, 1.54) is 11.8 Å². The van der Waals surface area contributed by atoms with Crippen LogP contribution < -0.4 is 0 Å². The van der Waals surface area contributed by atoms with Crippen LogP contribution in [0.4, 0.5) is 0 Å². The summed E-state index contributed by atoms with van der Waals surface area (Å²) in [6.07, 6.45) is 6.04. The average Bonchev–Trinajstić information content (AvgIpc) is 2.80. The number of thioether (sulfide) groups is 1. The van der Waals surface area contributed by atoms with E-state index in [-0.39, 0.29) is 0 Å². The van der Waals surface area contributed by atoms with Crippen molar-refractivity contribution in [3.63, 3.8) is 0 Å². The molecule has 0 amide bonds. The minimum atomic E-state index is 0.398. The SMILES string of the molecule is N#CCc1ccccc1/C=C1C=C/C(=N/O)S/1. The van der Waals surface area contributed by atoms with Gasteiger partial charge in [0.1, 0.15) is 5.04 Å². The van der Waals surface area contributed by atoms with Crippen LogP contribution in [0, 0.1) is 11.3 Å². The van der Waals surface area contributed by atoms with Gasteiger partial charge in [0, 0.05) is 4.91 Å². The number of allylic oxidation sites excluding steroid dienone is 1. The molecule has 0 saturated heterocycles. The summed E-state index contributed by atoms with van der Waals surface area (Å²) in [5, 5.41) is 21.1. The summed E-state index contributed by atoms with van der Waals surface area (Å²) < 4.78 is 0. The minimum Gasteiger partial charge on any atom is -0.410 e. The van der Waals surface area contributed by atoms with E-state index in [0.29, 0.717) is 11.5 Å². The first-order valence-corrected chi connectivity index (χ1v) is 5.89. The van der Waals surface area contributed by atoms with Crippen LogP contribution in [0.25, 0.3) is 6.08 Å². The van der Waals surface area contributed by atoms with Crippen LogP contribution >= 0.6 is 11.8 Å². The Morgan fingerprint density at radius 2 is 2.18 bits per heavy atom. The van der Waals surface area contributed by atoms with E-state index in [1.807, 2.05) is 36.4 Å². The molecule has 0 bridgehead atoms. The molecule has 0 aromatic heterocycles. The van der Waals surface area contributed by atoms with Crippen LogP contribution in [0.5, 0.6) is 0 Å². The number of rotatable bonds is 2. The van der Waals surface area contributed by atoms with Crippen molar-refractivity contribution in [3.8, 4) is 6.07 Å². The van der Waals surface area contributed by atoms with Gasteiger partial charge in [0.05, 0.1) is 12.5 Å². The maximum absolute atomic E-state index is 8.74. The highest BCUT2D eigenvalue weighted by molar-refractivity contribution is 8.18. The van der Waals surface area contributed by atoms with Crippen molar-refractivity contribution in [2.45, 2.75) is 6.42 Å². The lowest BCUT2D eigenvalue weighted by Gasteiger charge is -2.02. The molecule has 0 unspecified atom stereocenters. The molecule has 0 aliphatic carbocycles. The summed E-state index contributed by atoms with van der Waals surface area (Å²) in [6.45, 7) is 0. The van der Waals surface area contributed by atoms with Gasteiger partial charge in [-0.05, 0) is 29.4 Å². The van der Waals surface area contributed by atoms with E-state index >= 15 is 0 Å². The Balaban J connectivity index is 2.28. The van der Waals surface area contributed by atoms with Crippen LogP contribution in [0.1, 0.15) is 11.1 Å². The maximum Gasteiger partial charge on any atom is 0.140 e. The maximum atomic E-state index is 8.74. The summed E-state index contributed by atoms with van der Waals surface area (Å²) in [6, 6.07) is 9.94. The highest BCUT2D eigenvalue weighted by Crippen LogP contribution is 2.29. The van der Waals surface area contributed by atoms with Gasteiger partial charge in [0.15, 0.2) is 0 Å². The van der Waals surface area contributed by atoms with Gasteiger partial charge in [-0.1, -0.05) is 41.2 Å². The number of benzene rings is 1. The largest absolute Gasteiger partial charge is 0.410 e. The summed E-state index contributed by atoms with van der Waals surface area (Å²) in [7, 11) is 0. The van der Waals surface area contributed by atoms with E-state index in [1.54, 1.807) is 6.08 Å². The molecule has 0 fully saturated rings. The van der Waals surface area contributed by atoms with Crippen molar-refractivity contribution in [2.75, 3.05) is 0 Å². The molecule has 4 heteroatoms. The predicted molar refractivity (Wildman–Crippen MR) is 69.7 cm³/mol. The van der Waals surface area contributed by atoms with Crippen molar-refractivity contribution in [1.29, 1.82) is 5.26 Å². The highest BCUT2D eigenvalue weighted by Gasteiger charge is 2.09. The third-order valence-electron chi connectivity index (χ3n) is 2.33. The quantitative estimate of drug-likeness (QED) is 0.640. The first kappa shape index (κ1) is 11.5. The highest BCUT2D eigenvalue weighted by atomic mass is 32.2. The Bertz CT molecular complexity index is 553. The minimum absolute atomic E-state index is 0.398. The van der Waals surface area contributed by atoms with Crippen molar-refractivity contribution in [1.82, 2.24) is 0 Å². The first-order valence-electron chi connectivity index (χ1n) is 5.08. The topological polar surface area (TPSA) is 56.4 Å². The van der Waals surface area contributed by atoms with Crippen molar-refractivity contribution >= 4 is 22.9 Å². The van der Waals surface area contributed by atoms with Gasteiger partial charge in [-0.15, -0.1) is 0 Å². The van der Waals surface area contributed by atoms with Crippen LogP contribution in [0.3, 0.4) is 0 Å². The normalized spacial score (nSPS) is 18.8. The molecule has 0 saturated carbocycles. The molecule has 17 heavy (non-hydrogen) atoms. The van der Waals surface area contributed by atoms with E-state index in [9.17, 15) is 0 Å². The van der Waals surface area contributed by atoms with Gasteiger partial charge < -0.3 is 5.21 Å². The predicted octanol–water partition coefficient (Wildman–Crippen LogP) is 3.18. The summed E-state index contributed by atoms with van der Waals surface area (Å²) in [5.74, 6) is 0. The second-order valence-electron chi connectivity index (χ2n) is 3.45. The van der Waals surface area contributed by atoms with E-state index in [0.717, 1.165) is 16.0 Å². The van der Waals surface area contributed by atoms with Crippen LogP contribution in [-0.2, 0) is 6.42 Å². The van der Waals surface area contributed by atoms with Gasteiger partial charge in [-0.3, -0.25) is 0 Å². The van der Waals surface area contributed by atoms with Crippen LogP contribution in [-0.4, -0.2) is 10.3 Å². The van der Waals surface area contributed by atoms with Gasteiger partial charge in [0.25, 0.3) is 0 Å². The number of nitriles is 1. The fraction of sp³-hybridized carbons (Fsp3) is 0.0769. The van der Waals surface area contributed by atoms with Crippen LogP contribution in [0.2, 0.25) is 0 Å². The molecule has 0 atom stereocenters. The number of nitrogens with zero attached hydrogens (tertiary/aromatic N) is 2. The Hall–Kier alpha value is -1.99. The van der Waals surface area contributed by atoms with Crippen molar-refractivity contribution < 1.29 is 5.21 Å². The standard InChI is InChI=1S/C13H10N2OS/c14-8-7-10-3-1-2-4-11(10)9-12-5-6-13(15-16)17-12/h1-6,9,16H,7H2/b12-9-,15-13-. The van der Waals surface area contributed by atoms with Gasteiger partial charge in [0.2, 0.25) is 0 Å². The van der Waals surface area contributed by atoms with E-state index in [2.05, 4.69) is 11.2 Å². The van der Waals surface area contributed by atoms with Gasteiger partial charge in [-0.2, -0.15) is 5.26 Å². The lowest BCUT2D eigenvalue weighted by molar-refractivity contribution is 0.321. The smallest absolute Gasteiger partial charge is 0.140 e. The molecular formula is C13H10N2OS. The summed E-state index contributed by atoms with van der Waals surface area (Å²) in [4.78, 5) is 1.00. The Labute approximate surface area is 104 Å². The Morgan fingerprint density at radius 3 is 2.88 bits per heavy atom. The second-order valence-corrected chi connectivity index (χ2v) is 4.55. The molecular weight excluding hydrogens is 232 g/mol. The molecule has 0 spiro atoms. The lowest BCUT2D eigenvalue weighted by atomic mass is 10.0. The fourth-order valence-corrected chi connectivity index (χ4v) is 2.29. The molecule has 1 aliphatic heterocycles. The molecule has 1 aromatic rings. The van der Waals surface area contributed by atoms with Gasteiger partial charge >= 0.3 is 0 Å². The molecule has 3 nitrogen and oxygen atoms in total. The molecule has 1 N–H and O–H groups in total. The molecule has 1 aromatic carbocycles. The molecule has 84 valence electrons. The first-order chi connectivity index (χ1) is 8.33. The van der Waals surface area contributed by atoms with Crippen molar-refractivity contribution in [3.05, 3.63) is 52.4 Å². The third kappa shape index (κ3) is 2.77. The molecule has 1 heterocycles. The lowest BCUT2D eigenvalue weighted by Crippen LogP contribution is -1.86. The number of hydrogen-bond donors (Lipinski definition) is 1. The second kappa shape index (κ2) is 5.37. The fourth-order valence-electron chi connectivity index (χ4n) is 1.55.